The number of piperazine rings is 1. The maximum atomic E-state index is 15.3. The van der Waals surface area contributed by atoms with Crippen LogP contribution in [-0.2, 0) is 6.54 Å². The first-order chi connectivity index (χ1) is 17.9. The lowest BCUT2D eigenvalue weighted by molar-refractivity contribution is 0.0714. The van der Waals surface area contributed by atoms with Gasteiger partial charge in [0.25, 0.3) is 11.8 Å². The van der Waals surface area contributed by atoms with Gasteiger partial charge in [-0.15, -0.1) is 0 Å². The molecule has 190 valence electrons. The van der Waals surface area contributed by atoms with Gasteiger partial charge >= 0.3 is 0 Å². The van der Waals surface area contributed by atoms with E-state index in [0.29, 0.717) is 49.7 Å². The number of benzene rings is 1. The second-order valence-corrected chi connectivity index (χ2v) is 8.91. The summed E-state index contributed by atoms with van der Waals surface area (Å²) in [6.45, 7) is 5.89. The molecule has 0 atom stereocenters. The number of fused-ring (bicyclic) bond motifs is 1. The van der Waals surface area contributed by atoms with Crippen molar-refractivity contribution in [2.24, 2.45) is 0 Å². The summed E-state index contributed by atoms with van der Waals surface area (Å²) in [5.41, 5.74) is 1.15. The summed E-state index contributed by atoms with van der Waals surface area (Å²) in [5.74, 6) is -0.755. The quantitative estimate of drug-likeness (QED) is 0.446. The van der Waals surface area contributed by atoms with Gasteiger partial charge in [0.15, 0.2) is 5.76 Å². The largest absolute Gasteiger partial charge is 0.459 e. The first-order valence-corrected chi connectivity index (χ1v) is 12.0. The van der Waals surface area contributed by atoms with E-state index in [1.807, 2.05) is 18.7 Å². The van der Waals surface area contributed by atoms with Gasteiger partial charge in [0.2, 0.25) is 5.43 Å². The SMILES string of the molecule is CCn1cc(C(=O)Nc2cc(C)ccn2)c(=O)c2cc(F)c(N3CCN(C(=O)c4ccco4)CC3)cc21. The number of carbonyl (C=O) groups is 2. The van der Waals surface area contributed by atoms with Crippen molar-refractivity contribution in [3.8, 4) is 0 Å². The molecule has 0 unspecified atom stereocenters. The molecule has 0 saturated carbocycles. The minimum atomic E-state index is -0.603. The molecule has 37 heavy (non-hydrogen) atoms. The first kappa shape index (κ1) is 24.2. The number of hydrogen-bond acceptors (Lipinski definition) is 6. The third-order valence-electron chi connectivity index (χ3n) is 6.53. The molecule has 1 saturated heterocycles. The number of anilines is 2. The summed E-state index contributed by atoms with van der Waals surface area (Å²) in [4.78, 5) is 46.4. The van der Waals surface area contributed by atoms with Gasteiger partial charge in [0.1, 0.15) is 17.2 Å². The molecule has 10 heteroatoms. The van der Waals surface area contributed by atoms with Gasteiger partial charge in [-0.1, -0.05) is 0 Å². The second kappa shape index (κ2) is 9.88. The van der Waals surface area contributed by atoms with Crippen LogP contribution in [0.1, 0.15) is 33.4 Å². The number of aryl methyl sites for hydroxylation is 2. The molecule has 2 amide bonds. The van der Waals surface area contributed by atoms with E-state index in [1.54, 1.807) is 46.0 Å². The van der Waals surface area contributed by atoms with Crippen LogP contribution in [0.3, 0.4) is 0 Å². The van der Waals surface area contributed by atoms with Crippen LogP contribution in [0.15, 0.2) is 64.3 Å². The van der Waals surface area contributed by atoms with Gasteiger partial charge in [0.05, 0.1) is 17.5 Å². The highest BCUT2D eigenvalue weighted by atomic mass is 19.1. The molecule has 0 bridgehead atoms. The van der Waals surface area contributed by atoms with Crippen LogP contribution in [-0.4, -0.2) is 52.4 Å². The average molecular weight is 504 g/mol. The third kappa shape index (κ3) is 4.69. The number of furan rings is 1. The minimum absolute atomic E-state index is 0.0881. The molecule has 4 heterocycles. The number of nitrogens with one attached hydrogen (secondary N) is 1. The fraction of sp³-hybridized carbons (Fsp3) is 0.259. The van der Waals surface area contributed by atoms with Crippen molar-refractivity contribution >= 4 is 34.2 Å². The summed E-state index contributed by atoms with van der Waals surface area (Å²) in [6, 6.07) is 9.62. The molecule has 0 radical (unpaired) electrons. The van der Waals surface area contributed by atoms with Crippen molar-refractivity contribution in [2.45, 2.75) is 20.4 Å². The Hall–Kier alpha value is -4.47. The van der Waals surface area contributed by atoms with Gasteiger partial charge in [0, 0.05) is 50.5 Å². The highest BCUT2D eigenvalue weighted by Crippen LogP contribution is 2.27. The van der Waals surface area contributed by atoms with Crippen LogP contribution in [0, 0.1) is 12.7 Å². The Morgan fingerprint density at radius 2 is 1.92 bits per heavy atom. The lowest BCUT2D eigenvalue weighted by Crippen LogP contribution is -2.49. The number of carbonyl (C=O) groups excluding carboxylic acids is 2. The Labute approximate surface area is 212 Å². The van der Waals surface area contributed by atoms with Crippen molar-refractivity contribution in [1.29, 1.82) is 0 Å². The summed E-state index contributed by atoms with van der Waals surface area (Å²) in [6.07, 6.45) is 4.52. The Morgan fingerprint density at radius 3 is 2.59 bits per heavy atom. The number of aromatic nitrogens is 2. The third-order valence-corrected chi connectivity index (χ3v) is 6.53. The molecular formula is C27H26FN5O4. The summed E-state index contributed by atoms with van der Waals surface area (Å²) >= 11 is 0. The average Bonchev–Trinajstić information content (AvgIpc) is 3.44. The van der Waals surface area contributed by atoms with Gasteiger partial charge in [-0.05, 0) is 55.8 Å². The number of rotatable bonds is 5. The Morgan fingerprint density at radius 1 is 1.14 bits per heavy atom. The number of amides is 2. The molecule has 9 nitrogen and oxygen atoms in total. The van der Waals surface area contributed by atoms with Gasteiger partial charge in [-0.3, -0.25) is 14.4 Å². The maximum absolute atomic E-state index is 15.3. The highest BCUT2D eigenvalue weighted by molar-refractivity contribution is 6.05. The lowest BCUT2D eigenvalue weighted by atomic mass is 10.1. The van der Waals surface area contributed by atoms with Crippen LogP contribution in [0.4, 0.5) is 15.9 Å². The summed E-state index contributed by atoms with van der Waals surface area (Å²) < 4.78 is 22.3. The minimum Gasteiger partial charge on any atom is -0.459 e. The summed E-state index contributed by atoms with van der Waals surface area (Å²) in [7, 11) is 0. The van der Waals surface area contributed by atoms with Crippen LogP contribution >= 0.6 is 0 Å². The van der Waals surface area contributed by atoms with E-state index in [4.69, 9.17) is 4.42 Å². The summed E-state index contributed by atoms with van der Waals surface area (Å²) in [5, 5.41) is 2.78. The smallest absolute Gasteiger partial charge is 0.289 e. The molecule has 1 aliphatic rings. The molecule has 5 rings (SSSR count). The molecule has 1 aromatic carbocycles. The maximum Gasteiger partial charge on any atom is 0.289 e. The van der Waals surface area contributed by atoms with Gasteiger partial charge < -0.3 is 24.1 Å². The molecule has 0 spiro atoms. The molecule has 1 aliphatic heterocycles. The second-order valence-electron chi connectivity index (χ2n) is 8.91. The molecular weight excluding hydrogens is 477 g/mol. The van der Waals surface area contributed by atoms with E-state index in [0.717, 1.165) is 5.56 Å². The van der Waals surface area contributed by atoms with E-state index >= 15 is 4.39 Å². The molecule has 1 N–H and O–H groups in total. The number of hydrogen-bond donors (Lipinski definition) is 1. The number of nitrogens with zero attached hydrogens (tertiary/aromatic N) is 4. The zero-order chi connectivity index (χ0) is 26.1. The van der Waals surface area contributed by atoms with Crippen LogP contribution in [0.25, 0.3) is 10.9 Å². The Kier molecular flexibility index (Phi) is 6.47. The fourth-order valence-electron chi connectivity index (χ4n) is 4.56. The van der Waals surface area contributed by atoms with Crippen molar-refractivity contribution in [1.82, 2.24) is 14.5 Å². The Balaban J connectivity index is 1.42. The van der Waals surface area contributed by atoms with Crippen molar-refractivity contribution in [3.63, 3.8) is 0 Å². The van der Waals surface area contributed by atoms with Crippen molar-refractivity contribution in [2.75, 3.05) is 36.4 Å². The predicted octanol–water partition coefficient (Wildman–Crippen LogP) is 3.67. The molecule has 3 aromatic heterocycles. The van der Waals surface area contributed by atoms with E-state index in [1.165, 1.54) is 18.5 Å². The standard InChI is InChI=1S/C27H26FN5O4/c1-3-31-16-19(26(35)30-24-13-17(2)6-7-29-24)25(34)18-14-20(28)22(15-21(18)31)32-8-10-33(11-9-32)27(36)23-5-4-12-37-23/h4-7,12-16H,3,8-11H2,1-2H3,(H,29,30,35). The number of halogens is 1. The lowest BCUT2D eigenvalue weighted by Gasteiger charge is -2.36. The zero-order valence-electron chi connectivity index (χ0n) is 20.5. The van der Waals surface area contributed by atoms with E-state index in [2.05, 4.69) is 10.3 Å². The topological polar surface area (TPSA) is 101 Å². The molecule has 0 aliphatic carbocycles. The van der Waals surface area contributed by atoms with Gasteiger partial charge in [-0.2, -0.15) is 0 Å². The van der Waals surface area contributed by atoms with Crippen LogP contribution < -0.4 is 15.6 Å². The normalized spacial score (nSPS) is 13.7. The monoisotopic (exact) mass is 503 g/mol. The van der Waals surface area contributed by atoms with E-state index < -0.39 is 17.2 Å². The van der Waals surface area contributed by atoms with Crippen molar-refractivity contribution < 1.29 is 18.4 Å². The predicted molar refractivity (Wildman–Crippen MR) is 138 cm³/mol. The van der Waals surface area contributed by atoms with E-state index in [9.17, 15) is 14.4 Å². The van der Waals surface area contributed by atoms with Crippen LogP contribution in [0.5, 0.6) is 0 Å². The fourth-order valence-corrected chi connectivity index (χ4v) is 4.56. The first-order valence-electron chi connectivity index (χ1n) is 12.0. The number of pyridine rings is 2. The zero-order valence-corrected chi connectivity index (χ0v) is 20.5. The van der Waals surface area contributed by atoms with Crippen molar-refractivity contribution in [3.05, 3.63) is 88.0 Å². The molecule has 1 fully saturated rings. The Bertz CT molecular complexity index is 1540. The molecule has 4 aromatic rings. The van der Waals surface area contributed by atoms with E-state index in [-0.39, 0.29) is 22.6 Å². The van der Waals surface area contributed by atoms with Gasteiger partial charge in [-0.25, -0.2) is 9.37 Å². The highest BCUT2D eigenvalue weighted by Gasteiger charge is 2.26. The van der Waals surface area contributed by atoms with Crippen LogP contribution in [0.2, 0.25) is 0 Å².